The van der Waals surface area contributed by atoms with E-state index in [0.717, 1.165) is 29.7 Å². The molecule has 96 valence electrons. The lowest BCUT2D eigenvalue weighted by Gasteiger charge is -2.09. The third-order valence-corrected chi connectivity index (χ3v) is 2.99. The van der Waals surface area contributed by atoms with E-state index in [1.807, 2.05) is 18.2 Å². The largest absolute Gasteiger partial charge is 0.492 e. The quantitative estimate of drug-likeness (QED) is 0.763. The van der Waals surface area contributed by atoms with E-state index in [1.165, 1.54) is 0 Å². The molecule has 0 saturated heterocycles. The molecular weight excluding hydrogens is 302 g/mol. The van der Waals surface area contributed by atoms with Crippen molar-refractivity contribution < 1.29 is 4.74 Å². The molecule has 0 heterocycles. The minimum absolute atomic E-state index is 0.648. The van der Waals surface area contributed by atoms with Crippen LogP contribution >= 0.6 is 27.5 Å². The van der Waals surface area contributed by atoms with Crippen LogP contribution in [0.4, 0.5) is 0 Å². The van der Waals surface area contributed by atoms with Crippen LogP contribution in [0.3, 0.4) is 0 Å². The molecule has 1 rings (SSSR count). The van der Waals surface area contributed by atoms with Gasteiger partial charge < -0.3 is 10.1 Å². The Bertz CT molecular complexity index is 344. The van der Waals surface area contributed by atoms with E-state index >= 15 is 0 Å². The number of benzene rings is 1. The Morgan fingerprint density at radius 1 is 1.41 bits per heavy atom. The van der Waals surface area contributed by atoms with E-state index in [1.54, 1.807) is 0 Å². The van der Waals surface area contributed by atoms with Gasteiger partial charge in [-0.1, -0.05) is 41.4 Å². The minimum Gasteiger partial charge on any atom is -0.492 e. The van der Waals surface area contributed by atoms with Crippen LogP contribution in [0.25, 0.3) is 0 Å². The number of hydrogen-bond acceptors (Lipinski definition) is 2. The molecule has 0 atom stereocenters. The van der Waals surface area contributed by atoms with Crippen LogP contribution in [0.2, 0.25) is 5.02 Å². The first kappa shape index (κ1) is 14.8. The summed E-state index contributed by atoms with van der Waals surface area (Å²) < 4.78 is 6.57. The fourth-order valence-electron chi connectivity index (χ4n) is 1.36. The fourth-order valence-corrected chi connectivity index (χ4v) is 2.09. The Balaban J connectivity index is 2.18. The molecule has 0 saturated carbocycles. The highest BCUT2D eigenvalue weighted by Crippen LogP contribution is 2.27. The lowest BCUT2D eigenvalue weighted by atomic mass is 10.2. The molecule has 0 aromatic heterocycles. The zero-order valence-electron chi connectivity index (χ0n) is 10.3. The summed E-state index contributed by atoms with van der Waals surface area (Å²) in [7, 11) is 0. The Kier molecular flexibility index (Phi) is 6.93. The van der Waals surface area contributed by atoms with Crippen molar-refractivity contribution in [3.8, 4) is 5.75 Å². The Morgan fingerprint density at radius 3 is 2.82 bits per heavy atom. The predicted molar refractivity (Wildman–Crippen MR) is 77.0 cm³/mol. The molecule has 1 N–H and O–H groups in total. The fraction of sp³-hybridized carbons (Fsp3) is 0.538. The Labute approximate surface area is 117 Å². The maximum atomic E-state index is 6.04. The van der Waals surface area contributed by atoms with Gasteiger partial charge in [0, 0.05) is 4.47 Å². The maximum absolute atomic E-state index is 6.04. The number of hydrogen-bond donors (Lipinski definition) is 1. The van der Waals surface area contributed by atoms with Crippen LogP contribution < -0.4 is 10.1 Å². The standard InChI is InChI=1S/C13H19BrClNO/c1-10(2)9-16-6-3-7-17-13-5-4-11(14)8-12(13)15/h4-5,8,10,16H,3,6-7,9H2,1-2H3. The summed E-state index contributed by atoms with van der Waals surface area (Å²) >= 11 is 9.40. The SMILES string of the molecule is CC(C)CNCCCOc1ccc(Br)cc1Cl. The van der Waals surface area contributed by atoms with Crippen LogP contribution in [-0.4, -0.2) is 19.7 Å². The number of nitrogens with one attached hydrogen (secondary N) is 1. The van der Waals surface area contributed by atoms with Gasteiger partial charge in [-0.3, -0.25) is 0 Å². The summed E-state index contributed by atoms with van der Waals surface area (Å²) in [5.41, 5.74) is 0. The van der Waals surface area contributed by atoms with Gasteiger partial charge >= 0.3 is 0 Å². The van der Waals surface area contributed by atoms with E-state index in [2.05, 4.69) is 35.1 Å². The van der Waals surface area contributed by atoms with Gasteiger partial charge in [-0.25, -0.2) is 0 Å². The molecule has 0 radical (unpaired) electrons. The first-order valence-corrected chi connectivity index (χ1v) is 7.05. The highest BCUT2D eigenvalue weighted by molar-refractivity contribution is 9.10. The maximum Gasteiger partial charge on any atom is 0.137 e. The van der Waals surface area contributed by atoms with Crippen LogP contribution in [0.15, 0.2) is 22.7 Å². The van der Waals surface area contributed by atoms with Crippen molar-refractivity contribution >= 4 is 27.5 Å². The van der Waals surface area contributed by atoms with Crippen LogP contribution in [0.5, 0.6) is 5.75 Å². The van der Waals surface area contributed by atoms with E-state index in [4.69, 9.17) is 16.3 Å². The second kappa shape index (κ2) is 7.96. The van der Waals surface area contributed by atoms with Gasteiger partial charge in [-0.05, 0) is 43.6 Å². The average molecular weight is 321 g/mol. The molecule has 1 aromatic rings. The normalized spacial score (nSPS) is 10.9. The van der Waals surface area contributed by atoms with E-state index < -0.39 is 0 Å². The molecule has 0 aliphatic rings. The van der Waals surface area contributed by atoms with Crippen molar-refractivity contribution in [3.05, 3.63) is 27.7 Å². The highest BCUT2D eigenvalue weighted by atomic mass is 79.9. The van der Waals surface area contributed by atoms with Gasteiger partial charge in [0.1, 0.15) is 5.75 Å². The van der Waals surface area contributed by atoms with Crippen molar-refractivity contribution in [1.82, 2.24) is 5.32 Å². The molecular formula is C13H19BrClNO. The Morgan fingerprint density at radius 2 is 2.18 bits per heavy atom. The summed E-state index contributed by atoms with van der Waals surface area (Å²) in [5, 5.41) is 4.02. The summed E-state index contributed by atoms with van der Waals surface area (Å²) in [6, 6.07) is 5.65. The summed E-state index contributed by atoms with van der Waals surface area (Å²) in [5.74, 6) is 1.44. The molecule has 0 amide bonds. The summed E-state index contributed by atoms with van der Waals surface area (Å²) in [6.07, 6.45) is 0.985. The van der Waals surface area contributed by atoms with Crippen molar-refractivity contribution in [1.29, 1.82) is 0 Å². The molecule has 4 heteroatoms. The van der Waals surface area contributed by atoms with Gasteiger partial charge in [0.25, 0.3) is 0 Å². The van der Waals surface area contributed by atoms with Gasteiger partial charge in [-0.2, -0.15) is 0 Å². The third kappa shape index (κ3) is 6.29. The first-order chi connectivity index (χ1) is 8.09. The number of rotatable bonds is 7. The second-order valence-corrected chi connectivity index (χ2v) is 5.70. The molecule has 17 heavy (non-hydrogen) atoms. The summed E-state index contributed by atoms with van der Waals surface area (Å²) in [4.78, 5) is 0. The van der Waals surface area contributed by atoms with Gasteiger partial charge in [-0.15, -0.1) is 0 Å². The van der Waals surface area contributed by atoms with Crippen LogP contribution in [0, 0.1) is 5.92 Å². The number of halogens is 2. The molecule has 0 aliphatic heterocycles. The molecule has 0 spiro atoms. The zero-order valence-corrected chi connectivity index (χ0v) is 12.6. The molecule has 1 aromatic carbocycles. The van der Waals surface area contributed by atoms with Crippen LogP contribution in [-0.2, 0) is 0 Å². The van der Waals surface area contributed by atoms with Crippen molar-refractivity contribution in [2.24, 2.45) is 5.92 Å². The Hall–Kier alpha value is -0.250. The van der Waals surface area contributed by atoms with E-state index in [9.17, 15) is 0 Å². The van der Waals surface area contributed by atoms with Crippen molar-refractivity contribution in [2.45, 2.75) is 20.3 Å². The molecule has 2 nitrogen and oxygen atoms in total. The first-order valence-electron chi connectivity index (χ1n) is 5.88. The lowest BCUT2D eigenvalue weighted by molar-refractivity contribution is 0.307. The zero-order chi connectivity index (χ0) is 12.7. The number of ether oxygens (including phenoxy) is 1. The molecule has 0 bridgehead atoms. The minimum atomic E-state index is 0.648. The predicted octanol–water partition coefficient (Wildman–Crippen LogP) is 4.12. The third-order valence-electron chi connectivity index (χ3n) is 2.20. The van der Waals surface area contributed by atoms with E-state index in [0.29, 0.717) is 17.5 Å². The van der Waals surface area contributed by atoms with Crippen molar-refractivity contribution in [3.63, 3.8) is 0 Å². The summed E-state index contributed by atoms with van der Waals surface area (Å²) in [6.45, 7) is 7.12. The second-order valence-electron chi connectivity index (χ2n) is 4.37. The molecule has 0 aliphatic carbocycles. The molecule has 0 fully saturated rings. The highest BCUT2D eigenvalue weighted by Gasteiger charge is 2.01. The van der Waals surface area contributed by atoms with Crippen molar-refractivity contribution in [2.75, 3.05) is 19.7 Å². The smallest absolute Gasteiger partial charge is 0.137 e. The monoisotopic (exact) mass is 319 g/mol. The molecule has 0 unspecified atom stereocenters. The van der Waals surface area contributed by atoms with E-state index in [-0.39, 0.29) is 0 Å². The lowest BCUT2D eigenvalue weighted by Crippen LogP contribution is -2.22. The average Bonchev–Trinajstić information content (AvgIpc) is 2.25. The topological polar surface area (TPSA) is 21.3 Å². The van der Waals surface area contributed by atoms with Crippen LogP contribution in [0.1, 0.15) is 20.3 Å². The van der Waals surface area contributed by atoms with Gasteiger partial charge in [0.05, 0.1) is 11.6 Å². The van der Waals surface area contributed by atoms with Gasteiger partial charge in [0.15, 0.2) is 0 Å². The van der Waals surface area contributed by atoms with Gasteiger partial charge in [0.2, 0.25) is 0 Å².